The molecule has 0 radical (unpaired) electrons. The fraction of sp³-hybridized carbons (Fsp3) is 0.611. The minimum absolute atomic E-state index is 0.769. The third-order valence-corrected chi connectivity index (χ3v) is 5.03. The molecule has 1 unspecified atom stereocenters. The van der Waals surface area contributed by atoms with Gasteiger partial charge in [-0.15, -0.1) is 0 Å². The highest BCUT2D eigenvalue weighted by Gasteiger charge is 2.27. The van der Waals surface area contributed by atoms with E-state index in [1.165, 1.54) is 31.2 Å². The van der Waals surface area contributed by atoms with Crippen LogP contribution < -0.4 is 0 Å². The van der Waals surface area contributed by atoms with Gasteiger partial charge >= 0.3 is 0 Å². The molecule has 3 rings (SSSR count). The number of hydrogen-bond donors (Lipinski definition) is 1. The predicted octanol–water partition coefficient (Wildman–Crippen LogP) is 4.37. The summed E-state index contributed by atoms with van der Waals surface area (Å²) in [7, 11) is 0. The molecule has 1 aliphatic carbocycles. The molecule has 1 fully saturated rings. The molecule has 1 saturated carbocycles. The van der Waals surface area contributed by atoms with Crippen LogP contribution in [-0.4, -0.2) is 11.3 Å². The number of fused-ring (bicyclic) bond motifs is 1. The van der Waals surface area contributed by atoms with E-state index in [-0.39, 0.29) is 0 Å². The van der Waals surface area contributed by atoms with Crippen LogP contribution in [0.1, 0.15) is 57.1 Å². The van der Waals surface area contributed by atoms with Crippen LogP contribution in [0.2, 0.25) is 0 Å². The lowest BCUT2D eigenvalue weighted by molar-refractivity contribution is 0.0785. The van der Waals surface area contributed by atoms with Crippen LogP contribution in [0.4, 0.5) is 5.69 Å². The van der Waals surface area contributed by atoms with E-state index in [0.717, 1.165) is 35.9 Å². The molecule has 2 aliphatic rings. The third-order valence-electron chi connectivity index (χ3n) is 5.03. The largest absolute Gasteiger partial charge is 0.386 e. The van der Waals surface area contributed by atoms with Crippen LogP contribution in [0.15, 0.2) is 23.2 Å². The van der Waals surface area contributed by atoms with Crippen molar-refractivity contribution in [3.8, 4) is 0 Å². The summed E-state index contributed by atoms with van der Waals surface area (Å²) in [5, 5.41) is 10.2. The van der Waals surface area contributed by atoms with Gasteiger partial charge in [0, 0.05) is 6.21 Å². The van der Waals surface area contributed by atoms with E-state index in [0.29, 0.717) is 0 Å². The van der Waals surface area contributed by atoms with Gasteiger partial charge in [0.2, 0.25) is 0 Å². The van der Waals surface area contributed by atoms with E-state index in [2.05, 4.69) is 23.3 Å². The Bertz CT molecular complexity index is 509. The predicted molar refractivity (Wildman–Crippen MR) is 83.6 cm³/mol. The fourth-order valence-corrected chi connectivity index (χ4v) is 3.38. The van der Waals surface area contributed by atoms with Crippen molar-refractivity contribution in [1.29, 1.82) is 0 Å². The maximum absolute atomic E-state index is 10.2. The van der Waals surface area contributed by atoms with Gasteiger partial charge in [-0.2, -0.15) is 0 Å². The van der Waals surface area contributed by atoms with Crippen LogP contribution in [0.25, 0.3) is 0 Å². The number of aliphatic hydroxyl groups is 1. The zero-order chi connectivity index (χ0) is 14.2. The summed E-state index contributed by atoms with van der Waals surface area (Å²) in [4.78, 5) is 4.65. The van der Waals surface area contributed by atoms with Gasteiger partial charge in [0.15, 0.2) is 0 Å². The molecule has 2 nitrogen and oxygen atoms in total. The highest BCUT2D eigenvalue weighted by atomic mass is 16.3. The molecule has 0 amide bonds. The van der Waals surface area contributed by atoms with Crippen molar-refractivity contribution in [2.45, 2.75) is 58.0 Å². The second-order valence-corrected chi connectivity index (χ2v) is 6.94. The highest BCUT2D eigenvalue weighted by Crippen LogP contribution is 2.39. The summed E-state index contributed by atoms with van der Waals surface area (Å²) in [5.74, 6) is 1.74. The van der Waals surface area contributed by atoms with Gasteiger partial charge in [0.25, 0.3) is 0 Å². The summed E-state index contributed by atoms with van der Waals surface area (Å²) in [6, 6.07) is 6.21. The Hall–Kier alpha value is -1.15. The van der Waals surface area contributed by atoms with Crippen LogP contribution in [0.3, 0.4) is 0 Å². The van der Waals surface area contributed by atoms with Crippen LogP contribution in [0, 0.1) is 11.8 Å². The molecule has 108 valence electrons. The molecule has 0 aromatic heterocycles. The van der Waals surface area contributed by atoms with Crippen molar-refractivity contribution in [2.75, 3.05) is 0 Å². The van der Waals surface area contributed by atoms with Crippen molar-refractivity contribution in [3.05, 3.63) is 29.3 Å². The average Bonchev–Trinajstić information content (AvgIpc) is 2.29. The summed E-state index contributed by atoms with van der Waals surface area (Å²) in [5.41, 5.74) is 2.61. The highest BCUT2D eigenvalue weighted by molar-refractivity contribution is 5.66. The topological polar surface area (TPSA) is 32.6 Å². The van der Waals surface area contributed by atoms with E-state index in [9.17, 15) is 5.11 Å². The molecule has 1 aromatic rings. The van der Waals surface area contributed by atoms with Crippen molar-refractivity contribution in [3.63, 3.8) is 0 Å². The Kier molecular flexibility index (Phi) is 3.68. The van der Waals surface area contributed by atoms with Crippen LogP contribution in [-0.2, 0) is 12.0 Å². The molecular weight excluding hydrogens is 246 g/mol. The van der Waals surface area contributed by atoms with E-state index < -0.39 is 5.60 Å². The first-order valence-electron chi connectivity index (χ1n) is 7.92. The molecule has 0 bridgehead atoms. The number of aliphatic imine (C=N–C) groups is 1. The smallest absolute Gasteiger partial charge is 0.0840 e. The third kappa shape index (κ3) is 2.80. The van der Waals surface area contributed by atoms with Crippen molar-refractivity contribution >= 4 is 11.9 Å². The lowest BCUT2D eigenvalue weighted by Gasteiger charge is -2.34. The molecule has 1 N–H and O–H groups in total. The van der Waals surface area contributed by atoms with Crippen molar-refractivity contribution < 1.29 is 5.11 Å². The number of nitrogens with zero attached hydrogens (tertiary/aromatic N) is 1. The second-order valence-electron chi connectivity index (χ2n) is 6.94. The molecular formula is C18H25NO. The Labute approximate surface area is 121 Å². The molecule has 1 aromatic carbocycles. The molecule has 1 heterocycles. The van der Waals surface area contributed by atoms with Crippen molar-refractivity contribution in [1.82, 2.24) is 0 Å². The zero-order valence-corrected chi connectivity index (χ0v) is 12.6. The van der Waals surface area contributed by atoms with Gasteiger partial charge < -0.3 is 5.11 Å². The number of aryl methyl sites for hydroxylation is 1. The minimum atomic E-state index is -0.769. The van der Waals surface area contributed by atoms with E-state index >= 15 is 0 Å². The van der Waals surface area contributed by atoms with Crippen molar-refractivity contribution in [2.24, 2.45) is 16.8 Å². The first-order chi connectivity index (χ1) is 9.54. The quantitative estimate of drug-likeness (QED) is 0.851. The average molecular weight is 271 g/mol. The summed E-state index contributed by atoms with van der Waals surface area (Å²) in [6.07, 6.45) is 9.85. The number of benzene rings is 1. The first kappa shape index (κ1) is 13.8. The molecule has 1 aliphatic heterocycles. The zero-order valence-electron chi connectivity index (χ0n) is 12.6. The normalized spacial score (nSPS) is 25.2. The second kappa shape index (κ2) is 5.33. The maximum atomic E-state index is 10.2. The van der Waals surface area contributed by atoms with Crippen LogP contribution in [0.5, 0.6) is 0 Å². The minimum Gasteiger partial charge on any atom is -0.386 e. The van der Waals surface area contributed by atoms with Gasteiger partial charge in [-0.3, -0.25) is 4.99 Å². The summed E-state index contributed by atoms with van der Waals surface area (Å²) in [6.45, 7) is 3.69. The first-order valence-corrected chi connectivity index (χ1v) is 7.92. The number of hydrogen-bond acceptors (Lipinski definition) is 2. The summed E-state index contributed by atoms with van der Waals surface area (Å²) >= 11 is 0. The van der Waals surface area contributed by atoms with Gasteiger partial charge in [-0.05, 0) is 62.1 Å². The Morgan fingerprint density at radius 2 is 1.95 bits per heavy atom. The Balaban J connectivity index is 1.83. The van der Waals surface area contributed by atoms with Gasteiger partial charge in [-0.25, -0.2) is 0 Å². The standard InChI is InChI=1S/C18H25NO/c1-18(2,20)16-8-9-17-15(12-16)7-6-14(10-11-19-17)13-4-3-5-13/h8-9,11-14,20H,3-7,10H2,1-2H3/b19-11-. The van der Waals surface area contributed by atoms with Gasteiger partial charge in [0.1, 0.15) is 0 Å². The maximum Gasteiger partial charge on any atom is 0.0840 e. The number of rotatable bonds is 2. The Morgan fingerprint density at radius 3 is 2.60 bits per heavy atom. The van der Waals surface area contributed by atoms with Gasteiger partial charge in [0.05, 0.1) is 11.3 Å². The molecule has 2 heteroatoms. The van der Waals surface area contributed by atoms with E-state index in [1.807, 2.05) is 19.9 Å². The SMILES string of the molecule is CC(C)(O)c1ccc2c(c1)CCC(C1CCC1)C/C=N\2. The molecule has 1 atom stereocenters. The van der Waals surface area contributed by atoms with Crippen LogP contribution >= 0.6 is 0 Å². The lowest BCUT2D eigenvalue weighted by atomic mass is 9.72. The lowest BCUT2D eigenvalue weighted by Crippen LogP contribution is -2.23. The fourth-order valence-electron chi connectivity index (χ4n) is 3.38. The molecule has 20 heavy (non-hydrogen) atoms. The molecule has 0 spiro atoms. The van der Waals surface area contributed by atoms with Gasteiger partial charge in [-0.1, -0.05) is 31.4 Å². The molecule has 0 saturated heterocycles. The monoisotopic (exact) mass is 271 g/mol. The summed E-state index contributed by atoms with van der Waals surface area (Å²) < 4.78 is 0. The van der Waals surface area contributed by atoms with E-state index in [1.54, 1.807) is 0 Å². The Morgan fingerprint density at radius 1 is 1.15 bits per heavy atom. The van der Waals surface area contributed by atoms with E-state index in [4.69, 9.17) is 0 Å².